The van der Waals surface area contributed by atoms with Crippen molar-refractivity contribution in [1.82, 2.24) is 10.6 Å². The maximum Gasteiger partial charge on any atom is 0.191 e. The fourth-order valence-electron chi connectivity index (χ4n) is 2.78. The third-order valence-corrected chi connectivity index (χ3v) is 4.95. The van der Waals surface area contributed by atoms with E-state index in [1.165, 1.54) is 43.4 Å². The Balaban J connectivity index is 0.00000264. The van der Waals surface area contributed by atoms with Crippen LogP contribution in [-0.4, -0.2) is 38.8 Å². The van der Waals surface area contributed by atoms with E-state index in [0.29, 0.717) is 6.10 Å². The topological polar surface area (TPSA) is 45.7 Å². The molecule has 1 heterocycles. The van der Waals surface area contributed by atoms with E-state index >= 15 is 0 Å². The minimum atomic E-state index is 0. The molecule has 23 heavy (non-hydrogen) atoms. The predicted octanol–water partition coefficient (Wildman–Crippen LogP) is 3.81. The zero-order chi connectivity index (χ0) is 15.5. The summed E-state index contributed by atoms with van der Waals surface area (Å²) in [7, 11) is 1.81. The lowest BCUT2D eigenvalue weighted by Crippen LogP contribution is -2.40. The zero-order valence-corrected chi connectivity index (χ0v) is 17.2. The number of hydrogen-bond donors (Lipinski definition) is 2. The van der Waals surface area contributed by atoms with E-state index < -0.39 is 0 Å². The Hall–Kier alpha value is -0.340. The van der Waals surface area contributed by atoms with E-state index in [9.17, 15) is 0 Å². The Labute approximate surface area is 161 Å². The normalized spacial score (nSPS) is 16.5. The highest BCUT2D eigenvalue weighted by atomic mass is 127. The molecule has 0 amide bonds. The molecule has 1 saturated carbocycles. The van der Waals surface area contributed by atoms with Gasteiger partial charge in [0.05, 0.1) is 12.7 Å². The van der Waals surface area contributed by atoms with Gasteiger partial charge in [-0.25, -0.2) is 0 Å². The number of guanidine groups is 1. The number of nitrogens with zero attached hydrogens (tertiary/aromatic N) is 1. The number of nitrogens with one attached hydrogen (secondary N) is 2. The molecule has 0 aromatic carbocycles. The maximum atomic E-state index is 5.98. The molecule has 0 unspecified atom stereocenters. The molecule has 0 spiro atoms. The Kier molecular flexibility index (Phi) is 11.7. The molecule has 1 fully saturated rings. The number of hydrogen-bond acceptors (Lipinski definition) is 3. The maximum absolute atomic E-state index is 5.98. The summed E-state index contributed by atoms with van der Waals surface area (Å²) in [5.41, 5.74) is 0. The minimum absolute atomic E-state index is 0. The predicted molar refractivity (Wildman–Crippen MR) is 110 cm³/mol. The molecule has 0 atom stereocenters. The summed E-state index contributed by atoms with van der Waals surface area (Å²) in [6.07, 6.45) is 9.36. The summed E-state index contributed by atoms with van der Waals surface area (Å²) in [5, 5.41) is 8.79. The smallest absolute Gasteiger partial charge is 0.191 e. The molecule has 2 rings (SSSR count). The summed E-state index contributed by atoms with van der Waals surface area (Å²) in [4.78, 5) is 5.65. The second kappa shape index (κ2) is 13.0. The summed E-state index contributed by atoms with van der Waals surface area (Å²) < 4.78 is 5.98. The molecule has 132 valence electrons. The van der Waals surface area contributed by atoms with Crippen LogP contribution in [0.25, 0.3) is 0 Å². The van der Waals surface area contributed by atoms with Gasteiger partial charge in [0.1, 0.15) is 0 Å². The standard InChI is InChI=1S/C17H29N3OS.HI/c1-18-17(19-11-10-16-9-6-14-22-16)20-12-13-21-15-7-4-2-3-5-8-15;/h6,9,14-15H,2-5,7-8,10-13H2,1H3,(H2,18,19,20);1H. The zero-order valence-electron chi connectivity index (χ0n) is 14.1. The van der Waals surface area contributed by atoms with Gasteiger partial charge >= 0.3 is 0 Å². The quantitative estimate of drug-likeness (QED) is 0.218. The van der Waals surface area contributed by atoms with Crippen LogP contribution in [0.1, 0.15) is 43.4 Å². The monoisotopic (exact) mass is 451 g/mol. The second-order valence-electron chi connectivity index (χ2n) is 5.74. The Bertz CT molecular complexity index is 417. The van der Waals surface area contributed by atoms with Crippen LogP contribution in [0.5, 0.6) is 0 Å². The molecule has 1 aliphatic rings. The van der Waals surface area contributed by atoms with Gasteiger partial charge in [0.25, 0.3) is 0 Å². The van der Waals surface area contributed by atoms with Crippen LogP contribution in [0.15, 0.2) is 22.5 Å². The Morgan fingerprint density at radius 3 is 2.61 bits per heavy atom. The molecule has 2 N–H and O–H groups in total. The Morgan fingerprint density at radius 1 is 1.22 bits per heavy atom. The van der Waals surface area contributed by atoms with Gasteiger partial charge in [-0.3, -0.25) is 4.99 Å². The highest BCUT2D eigenvalue weighted by Gasteiger charge is 2.12. The SMILES string of the molecule is CN=C(NCCOC1CCCCCC1)NCCc1cccs1.I. The molecule has 1 aromatic heterocycles. The van der Waals surface area contributed by atoms with E-state index in [4.69, 9.17) is 4.74 Å². The molecule has 4 nitrogen and oxygen atoms in total. The molecule has 0 aliphatic heterocycles. The lowest BCUT2D eigenvalue weighted by Gasteiger charge is -2.16. The lowest BCUT2D eigenvalue weighted by molar-refractivity contribution is 0.0468. The van der Waals surface area contributed by atoms with Crippen molar-refractivity contribution >= 4 is 41.3 Å². The number of aliphatic imine (C=N–C) groups is 1. The number of rotatable bonds is 7. The molecule has 0 bridgehead atoms. The van der Waals surface area contributed by atoms with Gasteiger partial charge in [-0.2, -0.15) is 0 Å². The fourth-order valence-corrected chi connectivity index (χ4v) is 3.49. The van der Waals surface area contributed by atoms with Crippen LogP contribution >= 0.6 is 35.3 Å². The first-order valence-electron chi connectivity index (χ1n) is 8.47. The molecule has 1 aliphatic carbocycles. The molecule has 1 aromatic rings. The van der Waals surface area contributed by atoms with Crippen molar-refractivity contribution in [2.75, 3.05) is 26.7 Å². The summed E-state index contributed by atoms with van der Waals surface area (Å²) in [6.45, 7) is 2.48. The fraction of sp³-hybridized carbons (Fsp3) is 0.706. The van der Waals surface area contributed by atoms with Crippen molar-refractivity contribution in [3.63, 3.8) is 0 Å². The van der Waals surface area contributed by atoms with E-state index in [-0.39, 0.29) is 24.0 Å². The summed E-state index contributed by atoms with van der Waals surface area (Å²) in [5.74, 6) is 0.862. The first-order valence-corrected chi connectivity index (χ1v) is 9.35. The van der Waals surface area contributed by atoms with Crippen LogP contribution < -0.4 is 10.6 Å². The van der Waals surface area contributed by atoms with E-state index in [2.05, 4.69) is 33.1 Å². The molecule has 0 saturated heterocycles. The third kappa shape index (κ3) is 8.91. The first-order chi connectivity index (χ1) is 10.9. The molecule has 6 heteroatoms. The molecule has 0 radical (unpaired) electrons. The molecular formula is C17H30IN3OS. The van der Waals surface area contributed by atoms with Crippen molar-refractivity contribution < 1.29 is 4.74 Å². The van der Waals surface area contributed by atoms with E-state index in [1.54, 1.807) is 11.3 Å². The average molecular weight is 451 g/mol. The van der Waals surface area contributed by atoms with Crippen molar-refractivity contribution in [2.45, 2.75) is 51.0 Å². The van der Waals surface area contributed by atoms with Gasteiger partial charge in [-0.15, -0.1) is 35.3 Å². The summed E-state index contributed by atoms with van der Waals surface area (Å²) >= 11 is 1.80. The number of thiophene rings is 1. The van der Waals surface area contributed by atoms with Gasteiger partial charge in [0, 0.05) is 25.0 Å². The van der Waals surface area contributed by atoms with Crippen LogP contribution in [0.4, 0.5) is 0 Å². The summed E-state index contributed by atoms with van der Waals surface area (Å²) in [6, 6.07) is 4.26. The van der Waals surface area contributed by atoms with Gasteiger partial charge in [-0.05, 0) is 30.7 Å². The highest BCUT2D eigenvalue weighted by molar-refractivity contribution is 14.0. The van der Waals surface area contributed by atoms with Crippen LogP contribution in [-0.2, 0) is 11.2 Å². The Morgan fingerprint density at radius 2 is 1.96 bits per heavy atom. The highest BCUT2D eigenvalue weighted by Crippen LogP contribution is 2.19. The van der Waals surface area contributed by atoms with E-state index in [1.807, 2.05) is 7.05 Å². The minimum Gasteiger partial charge on any atom is -0.376 e. The van der Waals surface area contributed by atoms with Crippen molar-refractivity contribution in [2.24, 2.45) is 4.99 Å². The number of ether oxygens (including phenoxy) is 1. The lowest BCUT2D eigenvalue weighted by atomic mass is 10.1. The van der Waals surface area contributed by atoms with Crippen molar-refractivity contribution in [1.29, 1.82) is 0 Å². The third-order valence-electron chi connectivity index (χ3n) is 4.02. The first kappa shape index (κ1) is 20.7. The largest absolute Gasteiger partial charge is 0.376 e. The van der Waals surface area contributed by atoms with Crippen LogP contribution in [0.2, 0.25) is 0 Å². The van der Waals surface area contributed by atoms with Crippen molar-refractivity contribution in [3.05, 3.63) is 22.4 Å². The second-order valence-corrected chi connectivity index (χ2v) is 6.77. The van der Waals surface area contributed by atoms with E-state index in [0.717, 1.165) is 32.1 Å². The van der Waals surface area contributed by atoms with Gasteiger partial charge in [-0.1, -0.05) is 31.7 Å². The number of halogens is 1. The van der Waals surface area contributed by atoms with Gasteiger partial charge < -0.3 is 15.4 Å². The van der Waals surface area contributed by atoms with Crippen molar-refractivity contribution in [3.8, 4) is 0 Å². The molecular weight excluding hydrogens is 421 g/mol. The average Bonchev–Trinajstić information content (AvgIpc) is 2.92. The van der Waals surface area contributed by atoms with Gasteiger partial charge in [0.2, 0.25) is 0 Å². The van der Waals surface area contributed by atoms with Crippen LogP contribution in [0, 0.1) is 0 Å². The van der Waals surface area contributed by atoms with Gasteiger partial charge in [0.15, 0.2) is 5.96 Å². The van der Waals surface area contributed by atoms with Crippen LogP contribution in [0.3, 0.4) is 0 Å².